The number of amides is 2. The van der Waals surface area contributed by atoms with Gasteiger partial charge in [0.2, 0.25) is 5.91 Å². The van der Waals surface area contributed by atoms with Crippen LogP contribution >= 0.6 is 0 Å². The first-order chi connectivity index (χ1) is 22.0. The summed E-state index contributed by atoms with van der Waals surface area (Å²) in [7, 11) is 0. The molecule has 2 atom stereocenters. The van der Waals surface area contributed by atoms with Gasteiger partial charge < -0.3 is 30.4 Å². The molecule has 4 heterocycles. The Kier molecular flexibility index (Phi) is 9.39. The Morgan fingerprint density at radius 2 is 1.96 bits per heavy atom. The third-order valence-corrected chi connectivity index (χ3v) is 8.85. The van der Waals surface area contributed by atoms with Crippen molar-refractivity contribution in [2.45, 2.75) is 63.7 Å². The number of ether oxygens (including phenoxy) is 1. The Bertz CT molecular complexity index is 1610. The summed E-state index contributed by atoms with van der Waals surface area (Å²) in [5, 5.41) is 10.2. The molecule has 0 radical (unpaired) electrons. The van der Waals surface area contributed by atoms with Crippen molar-refractivity contribution in [3.63, 3.8) is 0 Å². The molecular formula is C33H40N8O4. The minimum absolute atomic E-state index is 0.117. The number of unbranched alkanes of at least 4 members (excludes halogenated alkanes) is 1. The Morgan fingerprint density at radius 3 is 2.78 bits per heavy atom. The molecule has 2 aliphatic heterocycles. The summed E-state index contributed by atoms with van der Waals surface area (Å²) in [6.45, 7) is 2.84. The number of hydrogen-bond donors (Lipinski definition) is 3. The number of rotatable bonds is 12. The van der Waals surface area contributed by atoms with Crippen LogP contribution in [0.3, 0.4) is 0 Å². The van der Waals surface area contributed by atoms with E-state index in [9.17, 15) is 14.7 Å². The Balaban J connectivity index is 1.18. The lowest BCUT2D eigenvalue weighted by molar-refractivity contribution is -0.138. The lowest BCUT2D eigenvalue weighted by Gasteiger charge is -2.36. The minimum Gasteiger partial charge on any atom is -0.491 e. The Hall–Kier alpha value is -4.71. The molecule has 0 aliphatic carbocycles. The number of imidazole rings is 1. The molecule has 2 aliphatic rings. The third kappa shape index (κ3) is 6.70. The van der Waals surface area contributed by atoms with E-state index in [0.717, 1.165) is 59.6 Å². The maximum atomic E-state index is 14.1. The summed E-state index contributed by atoms with van der Waals surface area (Å²) >= 11 is 0. The summed E-state index contributed by atoms with van der Waals surface area (Å²) in [5.74, 6) is 1.38. The molecule has 0 unspecified atom stereocenters. The lowest BCUT2D eigenvalue weighted by atomic mass is 9.97. The largest absolute Gasteiger partial charge is 0.491 e. The second kappa shape index (κ2) is 13.9. The molecule has 2 amide bonds. The number of nitrogens with one attached hydrogen (secondary N) is 1. The van der Waals surface area contributed by atoms with Crippen molar-refractivity contribution < 1.29 is 19.4 Å². The monoisotopic (exact) mass is 612 g/mol. The highest BCUT2D eigenvalue weighted by atomic mass is 16.5. The fraction of sp³-hybridized carbons (Fsp3) is 0.424. The van der Waals surface area contributed by atoms with Gasteiger partial charge in [0.05, 0.1) is 12.4 Å². The number of H-pyrrole nitrogens is 1. The summed E-state index contributed by atoms with van der Waals surface area (Å²) in [5.41, 5.74) is 10.2. The van der Waals surface area contributed by atoms with Gasteiger partial charge in [-0.25, -0.2) is 19.7 Å². The molecule has 12 heteroatoms. The molecule has 45 heavy (non-hydrogen) atoms. The van der Waals surface area contributed by atoms with Gasteiger partial charge in [-0.1, -0.05) is 42.5 Å². The molecule has 0 spiro atoms. The zero-order valence-electron chi connectivity index (χ0n) is 25.3. The molecule has 236 valence electrons. The number of aromatic nitrogens is 4. The van der Waals surface area contributed by atoms with E-state index in [1.807, 2.05) is 42.5 Å². The second-order valence-electron chi connectivity index (χ2n) is 11.7. The van der Waals surface area contributed by atoms with Gasteiger partial charge in [-0.2, -0.15) is 0 Å². The number of fused-ring (bicyclic) bond motifs is 2. The fourth-order valence-electron chi connectivity index (χ4n) is 6.51. The quantitative estimate of drug-likeness (QED) is 0.202. The van der Waals surface area contributed by atoms with Crippen LogP contribution in [0.1, 0.15) is 48.8 Å². The van der Waals surface area contributed by atoms with Crippen LogP contribution in [0.4, 0.5) is 10.6 Å². The zero-order valence-corrected chi connectivity index (χ0v) is 25.3. The van der Waals surface area contributed by atoms with Gasteiger partial charge >= 0.3 is 6.09 Å². The molecule has 4 N–H and O–H groups in total. The topological polar surface area (TPSA) is 154 Å². The van der Waals surface area contributed by atoms with Crippen molar-refractivity contribution in [3.05, 3.63) is 77.9 Å². The Labute approximate surface area is 262 Å². The third-order valence-electron chi connectivity index (χ3n) is 8.85. The van der Waals surface area contributed by atoms with E-state index in [1.165, 1.54) is 4.90 Å². The lowest BCUT2D eigenvalue weighted by Crippen LogP contribution is -2.51. The van der Waals surface area contributed by atoms with E-state index in [2.05, 4.69) is 30.9 Å². The maximum Gasteiger partial charge on any atom is 0.408 e. The van der Waals surface area contributed by atoms with Gasteiger partial charge in [-0.3, -0.25) is 9.69 Å². The number of carboxylic acid groups (broad SMARTS) is 1. The first-order valence-corrected chi connectivity index (χ1v) is 15.7. The molecule has 2 aromatic heterocycles. The van der Waals surface area contributed by atoms with Gasteiger partial charge in [-0.15, -0.1) is 0 Å². The minimum atomic E-state index is -1.11. The van der Waals surface area contributed by atoms with Crippen molar-refractivity contribution in [2.24, 2.45) is 5.73 Å². The molecule has 6 rings (SSSR count). The SMILES string of the molecule is NCCCC[C@@H](C(=O)N1CCc2cccc(OC[C@H]3CCCN3c3ncnc4[nH]cnc34)c2C1)N(Cc1ccccc1)C(=O)O. The van der Waals surface area contributed by atoms with Crippen LogP contribution in [0.5, 0.6) is 5.75 Å². The van der Waals surface area contributed by atoms with Crippen molar-refractivity contribution >= 4 is 29.0 Å². The van der Waals surface area contributed by atoms with Crippen LogP contribution in [0.2, 0.25) is 0 Å². The van der Waals surface area contributed by atoms with Crippen molar-refractivity contribution in [3.8, 4) is 5.75 Å². The number of nitrogens with zero attached hydrogens (tertiary/aromatic N) is 6. The van der Waals surface area contributed by atoms with E-state index in [0.29, 0.717) is 51.2 Å². The summed E-state index contributed by atoms with van der Waals surface area (Å²) in [6, 6.07) is 14.8. The highest BCUT2D eigenvalue weighted by molar-refractivity contribution is 5.86. The van der Waals surface area contributed by atoms with E-state index >= 15 is 0 Å². The zero-order chi connectivity index (χ0) is 31.2. The predicted octanol–water partition coefficient (Wildman–Crippen LogP) is 3.96. The molecule has 0 bridgehead atoms. The second-order valence-corrected chi connectivity index (χ2v) is 11.7. The van der Waals surface area contributed by atoms with Gasteiger partial charge in [0.15, 0.2) is 11.5 Å². The maximum absolute atomic E-state index is 14.1. The van der Waals surface area contributed by atoms with Crippen LogP contribution in [-0.4, -0.2) is 85.2 Å². The highest BCUT2D eigenvalue weighted by Gasteiger charge is 2.35. The molecule has 0 saturated carbocycles. The number of anilines is 1. The van der Waals surface area contributed by atoms with Crippen molar-refractivity contribution in [1.82, 2.24) is 29.7 Å². The average molecular weight is 613 g/mol. The Morgan fingerprint density at radius 1 is 1.09 bits per heavy atom. The summed E-state index contributed by atoms with van der Waals surface area (Å²) in [4.78, 5) is 48.3. The van der Waals surface area contributed by atoms with E-state index in [1.54, 1.807) is 17.6 Å². The van der Waals surface area contributed by atoms with Crippen molar-refractivity contribution in [2.75, 3.05) is 31.1 Å². The molecule has 1 saturated heterocycles. The molecule has 12 nitrogen and oxygen atoms in total. The van der Waals surface area contributed by atoms with E-state index in [-0.39, 0.29) is 18.5 Å². The normalized spacial score (nSPS) is 16.9. The van der Waals surface area contributed by atoms with Crippen LogP contribution in [-0.2, 0) is 24.3 Å². The van der Waals surface area contributed by atoms with Gasteiger partial charge in [0, 0.05) is 31.7 Å². The van der Waals surface area contributed by atoms with Crippen molar-refractivity contribution in [1.29, 1.82) is 0 Å². The molecular weight excluding hydrogens is 572 g/mol. The number of carbonyl (C=O) groups excluding carboxylic acids is 1. The van der Waals surface area contributed by atoms with Gasteiger partial charge in [0.25, 0.3) is 0 Å². The summed E-state index contributed by atoms with van der Waals surface area (Å²) < 4.78 is 6.50. The van der Waals surface area contributed by atoms with E-state index in [4.69, 9.17) is 10.5 Å². The summed E-state index contributed by atoms with van der Waals surface area (Å²) in [6.07, 6.45) is 6.55. The number of hydrogen-bond acceptors (Lipinski definition) is 8. The predicted molar refractivity (Wildman–Crippen MR) is 170 cm³/mol. The van der Waals surface area contributed by atoms with Crippen LogP contribution in [0.15, 0.2) is 61.2 Å². The number of aromatic amines is 1. The van der Waals surface area contributed by atoms with Gasteiger partial charge in [0.1, 0.15) is 30.2 Å². The first-order valence-electron chi connectivity index (χ1n) is 15.7. The van der Waals surface area contributed by atoms with Gasteiger partial charge in [-0.05, 0) is 62.3 Å². The fourth-order valence-corrected chi connectivity index (χ4v) is 6.51. The van der Waals surface area contributed by atoms with Crippen LogP contribution in [0, 0.1) is 0 Å². The highest BCUT2D eigenvalue weighted by Crippen LogP contribution is 2.32. The molecule has 1 fully saturated rings. The smallest absolute Gasteiger partial charge is 0.408 e. The van der Waals surface area contributed by atoms with E-state index < -0.39 is 12.1 Å². The molecule has 4 aromatic rings. The van der Waals surface area contributed by atoms with Crippen LogP contribution < -0.4 is 15.4 Å². The average Bonchev–Trinajstić information content (AvgIpc) is 3.75. The first kappa shape index (κ1) is 30.3. The molecule has 2 aromatic carbocycles. The van der Waals surface area contributed by atoms with Crippen LogP contribution in [0.25, 0.3) is 11.2 Å². The standard InChI is InChI=1S/C33H40N8O4/c34-15-5-4-12-27(41(33(43)44)18-23-8-2-1-3-9-23)32(42)39-17-14-24-10-6-13-28(26(24)19-39)45-20-25-11-7-16-40(25)31-29-30(36-21-35-29)37-22-38-31/h1-3,6,8-10,13,21-22,25,27H,4-5,7,11-12,14-20,34H2,(H,43,44)(H,35,36,37,38)/t25-,27+/m1/s1. The number of nitrogens with two attached hydrogens (primary N) is 1. The number of carbonyl (C=O) groups is 2. The number of benzene rings is 2.